The second kappa shape index (κ2) is 8.83. The second-order valence-electron chi connectivity index (χ2n) is 7.64. The van der Waals surface area contributed by atoms with Gasteiger partial charge in [-0.05, 0) is 37.1 Å². The number of rotatable bonds is 4. The molecule has 162 valence electrons. The lowest BCUT2D eigenvalue weighted by Crippen LogP contribution is -2.54. The molecule has 1 aromatic heterocycles. The molecule has 0 aliphatic carbocycles. The Labute approximate surface area is 176 Å². The highest BCUT2D eigenvalue weighted by molar-refractivity contribution is 7.86. The molecule has 10 heteroatoms. The average Bonchev–Trinajstić information content (AvgIpc) is 3.07. The van der Waals surface area contributed by atoms with Crippen LogP contribution in [-0.4, -0.2) is 76.7 Å². The molecule has 2 aliphatic rings. The van der Waals surface area contributed by atoms with Crippen LogP contribution in [0.1, 0.15) is 36.2 Å². The maximum absolute atomic E-state index is 13.2. The zero-order valence-electron chi connectivity index (χ0n) is 16.8. The van der Waals surface area contributed by atoms with E-state index < -0.39 is 10.2 Å². The van der Waals surface area contributed by atoms with Crippen molar-refractivity contribution >= 4 is 16.1 Å². The van der Waals surface area contributed by atoms with E-state index in [9.17, 15) is 17.6 Å². The van der Waals surface area contributed by atoms with Crippen LogP contribution in [0.5, 0.6) is 0 Å². The number of carbonyl (C=O) groups excluding carboxylic acids is 1. The zero-order valence-corrected chi connectivity index (χ0v) is 17.6. The molecule has 0 radical (unpaired) electrons. The molecule has 2 aromatic rings. The highest BCUT2D eigenvalue weighted by Gasteiger charge is 2.34. The summed E-state index contributed by atoms with van der Waals surface area (Å²) in [6.45, 7) is 2.32. The minimum Gasteiger partial charge on any atom is -0.335 e. The molecule has 0 saturated carbocycles. The van der Waals surface area contributed by atoms with Crippen molar-refractivity contribution in [2.24, 2.45) is 0 Å². The van der Waals surface area contributed by atoms with E-state index in [1.807, 2.05) is 0 Å². The third kappa shape index (κ3) is 4.26. The highest BCUT2D eigenvalue weighted by atomic mass is 32.2. The number of benzene rings is 1. The van der Waals surface area contributed by atoms with E-state index in [0.717, 1.165) is 25.7 Å². The second-order valence-corrected chi connectivity index (χ2v) is 9.57. The lowest BCUT2D eigenvalue weighted by molar-refractivity contribution is 0.0686. The fraction of sp³-hybridized carbons (Fsp3) is 0.500. The molecular formula is C20H26FN5O3S. The summed E-state index contributed by atoms with van der Waals surface area (Å²) in [4.78, 5) is 18.8. The molecule has 1 amide bonds. The van der Waals surface area contributed by atoms with Crippen LogP contribution in [0.4, 0.5) is 4.39 Å². The number of hydrogen-bond acceptors (Lipinski definition) is 4. The van der Waals surface area contributed by atoms with Gasteiger partial charge in [-0.3, -0.25) is 9.36 Å². The van der Waals surface area contributed by atoms with Gasteiger partial charge in [0.2, 0.25) is 0 Å². The molecule has 2 saturated heterocycles. The normalized spacial score (nSPS) is 19.6. The third-order valence-electron chi connectivity index (χ3n) is 5.71. The van der Waals surface area contributed by atoms with Crippen molar-refractivity contribution in [1.82, 2.24) is 23.1 Å². The summed E-state index contributed by atoms with van der Waals surface area (Å²) in [5.74, 6) is -0.572. The van der Waals surface area contributed by atoms with Crippen molar-refractivity contribution in [3.05, 3.63) is 48.3 Å². The van der Waals surface area contributed by atoms with Gasteiger partial charge in [-0.2, -0.15) is 17.0 Å². The van der Waals surface area contributed by atoms with Crippen LogP contribution in [0, 0.1) is 5.82 Å². The molecule has 1 aromatic carbocycles. The summed E-state index contributed by atoms with van der Waals surface area (Å²) in [7, 11) is -3.49. The fourth-order valence-electron chi connectivity index (χ4n) is 3.98. The van der Waals surface area contributed by atoms with Gasteiger partial charge in [0, 0.05) is 45.0 Å². The summed E-state index contributed by atoms with van der Waals surface area (Å²) in [5, 5.41) is 0. The monoisotopic (exact) mass is 435 g/mol. The van der Waals surface area contributed by atoms with Crippen LogP contribution in [0.15, 0.2) is 36.8 Å². The molecule has 2 fully saturated rings. The number of hydrogen-bond donors (Lipinski definition) is 0. The summed E-state index contributed by atoms with van der Waals surface area (Å²) in [6.07, 6.45) is 6.91. The highest BCUT2D eigenvalue weighted by Crippen LogP contribution is 2.19. The molecule has 0 N–H and O–H groups in total. The Morgan fingerprint density at radius 3 is 2.10 bits per heavy atom. The Balaban J connectivity index is 1.43. The van der Waals surface area contributed by atoms with Gasteiger partial charge in [0.25, 0.3) is 16.1 Å². The molecule has 0 unspecified atom stereocenters. The number of amides is 1. The van der Waals surface area contributed by atoms with Crippen molar-refractivity contribution in [2.75, 3.05) is 39.3 Å². The van der Waals surface area contributed by atoms with Crippen LogP contribution in [0.25, 0.3) is 5.69 Å². The number of piperazine rings is 1. The summed E-state index contributed by atoms with van der Waals surface area (Å²) < 4.78 is 43.8. The van der Waals surface area contributed by atoms with E-state index in [1.165, 1.54) is 29.0 Å². The van der Waals surface area contributed by atoms with Gasteiger partial charge in [0.05, 0.1) is 12.5 Å². The van der Waals surface area contributed by atoms with Gasteiger partial charge < -0.3 is 4.90 Å². The summed E-state index contributed by atoms with van der Waals surface area (Å²) in [5.41, 5.74) is 1.00. The molecule has 30 heavy (non-hydrogen) atoms. The van der Waals surface area contributed by atoms with E-state index in [-0.39, 0.29) is 24.8 Å². The Morgan fingerprint density at radius 1 is 0.867 bits per heavy atom. The molecule has 0 bridgehead atoms. The van der Waals surface area contributed by atoms with Crippen molar-refractivity contribution in [2.45, 2.75) is 25.7 Å². The van der Waals surface area contributed by atoms with Crippen molar-refractivity contribution in [3.63, 3.8) is 0 Å². The maximum atomic E-state index is 13.2. The Morgan fingerprint density at radius 2 is 1.47 bits per heavy atom. The van der Waals surface area contributed by atoms with E-state index in [4.69, 9.17) is 0 Å². The van der Waals surface area contributed by atoms with Gasteiger partial charge in [-0.25, -0.2) is 9.37 Å². The third-order valence-corrected chi connectivity index (χ3v) is 7.74. The molecule has 4 rings (SSSR count). The van der Waals surface area contributed by atoms with Crippen molar-refractivity contribution in [3.8, 4) is 5.69 Å². The summed E-state index contributed by atoms with van der Waals surface area (Å²) >= 11 is 0. The lowest BCUT2D eigenvalue weighted by Gasteiger charge is -2.36. The van der Waals surface area contributed by atoms with Crippen molar-refractivity contribution < 1.29 is 17.6 Å². The largest absolute Gasteiger partial charge is 0.335 e. The SMILES string of the molecule is O=C(c1cncn1-c1ccc(F)cc1)N1CCN(S(=O)(=O)N2CCCCCC2)CC1. The van der Waals surface area contributed by atoms with Gasteiger partial charge >= 0.3 is 0 Å². The Bertz CT molecular complexity index is 976. The quantitative estimate of drug-likeness (QED) is 0.735. The first-order valence-electron chi connectivity index (χ1n) is 10.3. The van der Waals surface area contributed by atoms with E-state index in [2.05, 4.69) is 4.98 Å². The molecule has 3 heterocycles. The van der Waals surface area contributed by atoms with Crippen LogP contribution in [0.2, 0.25) is 0 Å². The minimum absolute atomic E-state index is 0.219. The number of aromatic nitrogens is 2. The zero-order chi connectivity index (χ0) is 21.1. The molecule has 0 atom stereocenters. The van der Waals surface area contributed by atoms with Crippen LogP contribution < -0.4 is 0 Å². The van der Waals surface area contributed by atoms with Crippen LogP contribution in [0.3, 0.4) is 0 Å². The predicted molar refractivity (Wildman–Crippen MR) is 110 cm³/mol. The minimum atomic E-state index is -3.49. The van der Waals surface area contributed by atoms with Gasteiger partial charge in [0.15, 0.2) is 0 Å². The molecular weight excluding hydrogens is 409 g/mol. The van der Waals surface area contributed by atoms with Gasteiger partial charge in [0.1, 0.15) is 11.5 Å². The standard InChI is InChI=1S/C20H26FN5O3S/c21-17-5-7-18(8-6-17)26-16-22-15-19(26)20(27)23-11-13-25(14-12-23)30(28,29)24-9-3-1-2-4-10-24/h5-8,15-16H,1-4,9-14H2. The number of nitrogens with zero attached hydrogens (tertiary/aromatic N) is 5. The first kappa shape index (κ1) is 21.0. The number of halogens is 1. The van der Waals surface area contributed by atoms with Gasteiger partial charge in [-0.1, -0.05) is 12.8 Å². The van der Waals surface area contributed by atoms with Gasteiger partial charge in [-0.15, -0.1) is 0 Å². The van der Waals surface area contributed by atoms with E-state index in [0.29, 0.717) is 37.6 Å². The van der Waals surface area contributed by atoms with E-state index >= 15 is 0 Å². The smallest absolute Gasteiger partial charge is 0.282 e. The van der Waals surface area contributed by atoms with Crippen LogP contribution >= 0.6 is 0 Å². The lowest BCUT2D eigenvalue weighted by atomic mass is 10.2. The van der Waals surface area contributed by atoms with Crippen LogP contribution in [-0.2, 0) is 10.2 Å². The maximum Gasteiger partial charge on any atom is 0.282 e. The molecule has 8 nitrogen and oxygen atoms in total. The Kier molecular flexibility index (Phi) is 6.16. The summed E-state index contributed by atoms with van der Waals surface area (Å²) in [6, 6.07) is 5.82. The molecule has 2 aliphatic heterocycles. The fourth-order valence-corrected chi connectivity index (χ4v) is 5.65. The van der Waals surface area contributed by atoms with Crippen molar-refractivity contribution in [1.29, 1.82) is 0 Å². The number of imidazole rings is 1. The number of carbonyl (C=O) groups is 1. The van der Waals surface area contributed by atoms with E-state index in [1.54, 1.807) is 25.9 Å². The average molecular weight is 436 g/mol. The first-order chi connectivity index (χ1) is 14.5. The topological polar surface area (TPSA) is 78.8 Å². The predicted octanol–water partition coefficient (Wildman–Crippen LogP) is 1.89. The first-order valence-corrected chi connectivity index (χ1v) is 11.7. The molecule has 0 spiro atoms. The Hall–Kier alpha value is -2.30.